The monoisotopic (exact) mass is 305 g/mol. The first-order chi connectivity index (χ1) is 10.3. The van der Waals surface area contributed by atoms with Crippen molar-refractivity contribution in [2.24, 2.45) is 0 Å². The maximum atomic E-state index is 5.93. The van der Waals surface area contributed by atoms with E-state index in [1.165, 1.54) is 6.33 Å². The summed E-state index contributed by atoms with van der Waals surface area (Å²) in [6.07, 6.45) is 1.53. The Bertz CT molecular complexity index is 606. The molecule has 21 heavy (non-hydrogen) atoms. The number of nitrogens with zero attached hydrogens (tertiary/aromatic N) is 3. The number of hydrogen-bond donors (Lipinski definition) is 0. The lowest BCUT2D eigenvalue weighted by atomic mass is 10.1. The van der Waals surface area contributed by atoms with E-state index in [4.69, 9.17) is 21.1 Å². The van der Waals surface area contributed by atoms with E-state index in [9.17, 15) is 0 Å². The Balaban J connectivity index is 1.77. The van der Waals surface area contributed by atoms with Gasteiger partial charge in [0, 0.05) is 24.2 Å². The van der Waals surface area contributed by atoms with Crippen molar-refractivity contribution < 1.29 is 9.47 Å². The van der Waals surface area contributed by atoms with Crippen molar-refractivity contribution in [3.63, 3.8) is 0 Å². The number of hydrogen-bond acceptors (Lipinski definition) is 5. The number of benzene rings is 1. The van der Waals surface area contributed by atoms with Crippen LogP contribution in [0.15, 0.2) is 36.7 Å². The Morgan fingerprint density at radius 2 is 2.10 bits per heavy atom. The summed E-state index contributed by atoms with van der Waals surface area (Å²) in [7, 11) is 1.60. The van der Waals surface area contributed by atoms with Crippen LogP contribution in [-0.2, 0) is 4.74 Å². The van der Waals surface area contributed by atoms with Gasteiger partial charge in [-0.25, -0.2) is 9.97 Å². The molecular weight excluding hydrogens is 290 g/mol. The van der Waals surface area contributed by atoms with E-state index in [0.29, 0.717) is 12.5 Å². The van der Waals surface area contributed by atoms with Gasteiger partial charge in [0.1, 0.15) is 18.2 Å². The summed E-state index contributed by atoms with van der Waals surface area (Å²) in [5.41, 5.74) is 1.12. The SMILES string of the molecule is COc1cc(N2CCO[C@@H](c3ccc(Cl)cc3)C2)ncn1. The van der Waals surface area contributed by atoms with E-state index in [0.717, 1.165) is 29.5 Å². The number of anilines is 1. The van der Waals surface area contributed by atoms with Gasteiger partial charge >= 0.3 is 0 Å². The van der Waals surface area contributed by atoms with Gasteiger partial charge in [-0.15, -0.1) is 0 Å². The second-order valence-corrected chi connectivity index (χ2v) is 5.21. The van der Waals surface area contributed by atoms with Crippen LogP contribution in [0, 0.1) is 0 Å². The average molecular weight is 306 g/mol. The lowest BCUT2D eigenvalue weighted by Crippen LogP contribution is -2.38. The summed E-state index contributed by atoms with van der Waals surface area (Å²) in [6, 6.07) is 9.60. The van der Waals surface area contributed by atoms with Gasteiger partial charge in [0.05, 0.1) is 13.7 Å². The molecule has 0 unspecified atom stereocenters. The molecule has 0 bridgehead atoms. The Kier molecular flexibility index (Phi) is 4.22. The molecule has 5 nitrogen and oxygen atoms in total. The van der Waals surface area contributed by atoms with Crippen LogP contribution in [-0.4, -0.2) is 36.8 Å². The lowest BCUT2D eigenvalue weighted by Gasteiger charge is -2.34. The first kappa shape index (κ1) is 14.1. The fourth-order valence-corrected chi connectivity index (χ4v) is 2.48. The Hall–Kier alpha value is -1.85. The van der Waals surface area contributed by atoms with Gasteiger partial charge in [0.2, 0.25) is 5.88 Å². The third kappa shape index (κ3) is 3.25. The highest BCUT2D eigenvalue weighted by Gasteiger charge is 2.23. The quantitative estimate of drug-likeness (QED) is 0.872. The molecule has 1 aromatic carbocycles. The number of rotatable bonds is 3. The van der Waals surface area contributed by atoms with E-state index in [-0.39, 0.29) is 6.10 Å². The molecule has 110 valence electrons. The van der Waals surface area contributed by atoms with E-state index in [1.54, 1.807) is 7.11 Å². The minimum absolute atomic E-state index is 0.0111. The smallest absolute Gasteiger partial charge is 0.218 e. The molecule has 0 saturated carbocycles. The minimum atomic E-state index is 0.0111. The van der Waals surface area contributed by atoms with E-state index in [2.05, 4.69) is 14.9 Å². The number of ether oxygens (including phenoxy) is 2. The molecule has 2 aromatic rings. The van der Waals surface area contributed by atoms with Crippen molar-refractivity contribution >= 4 is 17.4 Å². The van der Waals surface area contributed by atoms with E-state index in [1.807, 2.05) is 30.3 Å². The van der Waals surface area contributed by atoms with Crippen molar-refractivity contribution in [1.29, 1.82) is 0 Å². The molecule has 1 aromatic heterocycles. The molecule has 1 aliphatic heterocycles. The highest BCUT2D eigenvalue weighted by molar-refractivity contribution is 6.30. The van der Waals surface area contributed by atoms with Gasteiger partial charge in [-0.3, -0.25) is 0 Å². The zero-order chi connectivity index (χ0) is 14.7. The highest BCUT2D eigenvalue weighted by Crippen LogP contribution is 2.26. The standard InChI is InChI=1S/C15H16ClN3O2/c1-20-15-8-14(17-10-18-15)19-6-7-21-13(9-19)11-2-4-12(16)5-3-11/h2-5,8,10,13H,6-7,9H2,1H3/t13-/m1/s1. The normalized spacial score (nSPS) is 18.6. The maximum absolute atomic E-state index is 5.93. The van der Waals surface area contributed by atoms with Crippen LogP contribution in [0.5, 0.6) is 5.88 Å². The van der Waals surface area contributed by atoms with E-state index >= 15 is 0 Å². The molecule has 1 aliphatic rings. The largest absolute Gasteiger partial charge is 0.481 e. The minimum Gasteiger partial charge on any atom is -0.481 e. The van der Waals surface area contributed by atoms with Crippen LogP contribution in [0.3, 0.4) is 0 Å². The Morgan fingerprint density at radius 3 is 2.86 bits per heavy atom. The number of morpholine rings is 1. The molecule has 0 amide bonds. The van der Waals surface area contributed by atoms with Gasteiger partial charge < -0.3 is 14.4 Å². The number of methoxy groups -OCH3 is 1. The summed E-state index contributed by atoms with van der Waals surface area (Å²) >= 11 is 5.93. The average Bonchev–Trinajstić information content (AvgIpc) is 2.56. The number of halogens is 1. The van der Waals surface area contributed by atoms with Crippen LogP contribution in [0.4, 0.5) is 5.82 Å². The summed E-state index contributed by atoms with van der Waals surface area (Å²) in [4.78, 5) is 10.5. The predicted octanol–water partition coefficient (Wildman–Crippen LogP) is 2.72. The Morgan fingerprint density at radius 1 is 1.29 bits per heavy atom. The van der Waals surface area contributed by atoms with Crippen molar-refractivity contribution in [3.05, 3.63) is 47.2 Å². The third-order valence-electron chi connectivity index (χ3n) is 3.47. The van der Waals surface area contributed by atoms with Gasteiger partial charge in [-0.05, 0) is 17.7 Å². The van der Waals surface area contributed by atoms with Gasteiger partial charge in [-0.2, -0.15) is 0 Å². The summed E-state index contributed by atoms with van der Waals surface area (Å²) in [5, 5.41) is 0.729. The predicted molar refractivity (Wildman–Crippen MR) is 80.9 cm³/mol. The maximum Gasteiger partial charge on any atom is 0.218 e. The fraction of sp³-hybridized carbons (Fsp3) is 0.333. The molecule has 2 heterocycles. The summed E-state index contributed by atoms with van der Waals surface area (Å²) in [6.45, 7) is 2.19. The fourth-order valence-electron chi connectivity index (χ4n) is 2.35. The molecule has 1 atom stereocenters. The molecular formula is C15H16ClN3O2. The van der Waals surface area contributed by atoms with Crippen LogP contribution < -0.4 is 9.64 Å². The number of aromatic nitrogens is 2. The molecule has 0 radical (unpaired) electrons. The molecule has 1 fully saturated rings. The topological polar surface area (TPSA) is 47.5 Å². The molecule has 0 spiro atoms. The van der Waals surface area contributed by atoms with Crippen molar-refractivity contribution in [2.75, 3.05) is 31.7 Å². The molecule has 0 aliphatic carbocycles. The zero-order valence-corrected chi connectivity index (χ0v) is 12.5. The molecule has 3 rings (SSSR count). The van der Waals surface area contributed by atoms with Gasteiger partial charge in [0.15, 0.2) is 0 Å². The van der Waals surface area contributed by atoms with Crippen molar-refractivity contribution in [1.82, 2.24) is 9.97 Å². The van der Waals surface area contributed by atoms with E-state index < -0.39 is 0 Å². The van der Waals surface area contributed by atoms with Gasteiger partial charge in [-0.1, -0.05) is 23.7 Å². The molecule has 0 N–H and O–H groups in total. The first-order valence-corrected chi connectivity index (χ1v) is 7.12. The van der Waals surface area contributed by atoms with Crippen molar-refractivity contribution in [3.8, 4) is 5.88 Å². The highest BCUT2D eigenvalue weighted by atomic mass is 35.5. The van der Waals surface area contributed by atoms with Crippen LogP contribution in [0.1, 0.15) is 11.7 Å². The summed E-state index contributed by atoms with van der Waals surface area (Å²) in [5.74, 6) is 1.42. The Labute approximate surface area is 128 Å². The van der Waals surface area contributed by atoms with Crippen LogP contribution in [0.25, 0.3) is 0 Å². The first-order valence-electron chi connectivity index (χ1n) is 6.74. The van der Waals surface area contributed by atoms with Gasteiger partial charge in [0.25, 0.3) is 0 Å². The lowest BCUT2D eigenvalue weighted by molar-refractivity contribution is 0.0395. The molecule has 1 saturated heterocycles. The van der Waals surface area contributed by atoms with Crippen LogP contribution in [0.2, 0.25) is 5.02 Å². The second kappa shape index (κ2) is 6.28. The van der Waals surface area contributed by atoms with Crippen LogP contribution >= 0.6 is 11.6 Å². The molecule has 6 heteroatoms. The third-order valence-corrected chi connectivity index (χ3v) is 3.72. The zero-order valence-electron chi connectivity index (χ0n) is 11.7. The van der Waals surface area contributed by atoms with Crippen molar-refractivity contribution in [2.45, 2.75) is 6.10 Å². The summed E-state index contributed by atoms with van der Waals surface area (Å²) < 4.78 is 11.0. The second-order valence-electron chi connectivity index (χ2n) is 4.78.